The van der Waals surface area contributed by atoms with Crippen LogP contribution in [0.5, 0.6) is 11.6 Å². The van der Waals surface area contributed by atoms with Crippen molar-refractivity contribution >= 4 is 17.4 Å². The van der Waals surface area contributed by atoms with Crippen molar-refractivity contribution < 1.29 is 31.5 Å². The fraction of sp³-hybridized carbons (Fsp3) is 0.269. The molecule has 1 saturated heterocycles. The number of likely N-dealkylation sites (N-methyl/N-ethyl adjacent to an activating group) is 1. The molecule has 0 aliphatic carbocycles. The monoisotopic (exact) mass is 589 g/mol. The van der Waals surface area contributed by atoms with Crippen molar-refractivity contribution in [1.82, 2.24) is 34.5 Å². The van der Waals surface area contributed by atoms with Crippen LogP contribution in [-0.2, 0) is 12.7 Å². The van der Waals surface area contributed by atoms with Crippen LogP contribution >= 0.6 is 0 Å². The van der Waals surface area contributed by atoms with Crippen molar-refractivity contribution in [2.24, 2.45) is 0 Å². The van der Waals surface area contributed by atoms with Gasteiger partial charge in [0, 0.05) is 50.7 Å². The zero-order chi connectivity index (χ0) is 30.0. The predicted octanol–water partition coefficient (Wildman–Crippen LogP) is 3.73. The molecule has 0 atom stereocenters. The molecule has 3 aromatic heterocycles. The summed E-state index contributed by atoms with van der Waals surface area (Å²) in [5, 5.41) is 5.73. The van der Waals surface area contributed by atoms with Crippen LogP contribution in [0.4, 0.5) is 33.5 Å². The molecule has 11 nitrogen and oxygen atoms in total. The maximum atomic E-state index is 15.0. The van der Waals surface area contributed by atoms with Gasteiger partial charge in [-0.15, -0.1) is 0 Å². The smallest absolute Gasteiger partial charge is 0.434 e. The number of rotatable bonds is 7. The Morgan fingerprint density at radius 2 is 1.83 bits per heavy atom. The lowest BCUT2D eigenvalue weighted by Gasteiger charge is -2.32. The van der Waals surface area contributed by atoms with Gasteiger partial charge in [0.15, 0.2) is 28.9 Å². The molecule has 0 unspecified atom stereocenters. The first-order valence-electron chi connectivity index (χ1n) is 12.6. The fourth-order valence-corrected chi connectivity index (χ4v) is 4.32. The zero-order valence-electron chi connectivity index (χ0n) is 22.1. The van der Waals surface area contributed by atoms with Gasteiger partial charge in [0.05, 0.1) is 17.3 Å². The van der Waals surface area contributed by atoms with Crippen molar-refractivity contribution in [3.8, 4) is 17.4 Å². The molecule has 0 radical (unpaired) electrons. The van der Waals surface area contributed by atoms with Crippen molar-refractivity contribution in [3.05, 3.63) is 77.5 Å². The molecule has 3 N–H and O–H groups in total. The van der Waals surface area contributed by atoms with E-state index in [9.17, 15) is 22.4 Å². The first-order valence-corrected chi connectivity index (χ1v) is 12.6. The summed E-state index contributed by atoms with van der Waals surface area (Å²) in [4.78, 5) is 28.8. The van der Waals surface area contributed by atoms with Crippen LogP contribution in [0.1, 0.15) is 21.6 Å². The van der Waals surface area contributed by atoms with E-state index >= 15 is 4.39 Å². The van der Waals surface area contributed by atoms with Crippen LogP contribution in [0.25, 0.3) is 5.82 Å². The predicted molar refractivity (Wildman–Crippen MR) is 140 cm³/mol. The number of ether oxygens (including phenoxy) is 1. The largest absolute Gasteiger partial charge is 0.435 e. The van der Waals surface area contributed by atoms with Gasteiger partial charge in [-0.25, -0.2) is 28.4 Å². The minimum atomic E-state index is -5.10. The molecular weight excluding hydrogens is 565 g/mol. The van der Waals surface area contributed by atoms with Gasteiger partial charge in [-0.3, -0.25) is 9.69 Å². The Hall–Kier alpha value is -4.70. The normalized spacial score (nSPS) is 14.6. The molecule has 16 heteroatoms. The van der Waals surface area contributed by atoms with Crippen LogP contribution < -0.4 is 15.8 Å². The van der Waals surface area contributed by atoms with Gasteiger partial charge in [-0.2, -0.15) is 18.3 Å². The highest BCUT2D eigenvalue weighted by atomic mass is 19.4. The molecule has 4 aromatic rings. The molecule has 1 fully saturated rings. The van der Waals surface area contributed by atoms with E-state index in [2.05, 4.69) is 35.2 Å². The highest BCUT2D eigenvalue weighted by Crippen LogP contribution is 2.35. The summed E-state index contributed by atoms with van der Waals surface area (Å²) in [5.41, 5.74) is 3.89. The number of nitrogens with two attached hydrogens (primary N) is 1. The number of carbonyl (C=O) groups excluding carboxylic acids is 1. The van der Waals surface area contributed by atoms with E-state index in [1.165, 1.54) is 24.5 Å². The number of nitrogen functional groups attached to an aromatic ring is 1. The summed E-state index contributed by atoms with van der Waals surface area (Å²) >= 11 is 0. The lowest BCUT2D eigenvalue weighted by atomic mass is 10.2. The molecule has 220 valence electrons. The first-order chi connectivity index (χ1) is 20.0. The topological polar surface area (TPSA) is 127 Å². The molecule has 5 rings (SSSR count). The lowest BCUT2D eigenvalue weighted by Crippen LogP contribution is -2.44. The Morgan fingerprint density at radius 3 is 2.52 bits per heavy atom. The third-order valence-electron chi connectivity index (χ3n) is 6.54. The zero-order valence-corrected chi connectivity index (χ0v) is 22.1. The highest BCUT2D eigenvalue weighted by Gasteiger charge is 2.41. The van der Waals surface area contributed by atoms with E-state index < -0.39 is 40.8 Å². The van der Waals surface area contributed by atoms with Gasteiger partial charge in [0.2, 0.25) is 5.88 Å². The van der Waals surface area contributed by atoms with E-state index in [-0.39, 0.29) is 27.8 Å². The molecule has 0 bridgehead atoms. The molecule has 0 spiro atoms. The van der Waals surface area contributed by atoms with Gasteiger partial charge < -0.3 is 20.7 Å². The fourth-order valence-electron chi connectivity index (χ4n) is 4.32. The summed E-state index contributed by atoms with van der Waals surface area (Å²) in [7, 11) is 2.02. The number of halogens is 5. The molecule has 0 saturated carbocycles. The minimum absolute atomic E-state index is 0.0427. The number of hydrogen-bond donors (Lipinski definition) is 2. The van der Waals surface area contributed by atoms with Gasteiger partial charge in [0.1, 0.15) is 12.1 Å². The number of carbonyl (C=O) groups is 1. The third kappa shape index (κ3) is 6.13. The number of alkyl halides is 3. The standard InChI is InChI=1S/C26H24F5N9O2/c1-38-7-9-39(10-8-38)13-17-22(32)34-14-35-25(17)42-20-5-4-15(11-19(20)28)37-24(41)16-12-36-40(21(16)26(29,30)31)23-18(27)3-2-6-33-23/h2-6,11-12,14H,7-10,13H2,1H3,(H,37,41)(H2,32,34,35). The second kappa shape index (κ2) is 11.7. The number of benzene rings is 1. The Labute approximate surface area is 235 Å². The van der Waals surface area contributed by atoms with E-state index in [0.717, 1.165) is 44.5 Å². The number of pyridine rings is 1. The number of nitrogens with zero attached hydrogens (tertiary/aromatic N) is 7. The van der Waals surface area contributed by atoms with Crippen LogP contribution in [0.15, 0.2) is 49.1 Å². The average Bonchev–Trinajstić information content (AvgIpc) is 3.40. The van der Waals surface area contributed by atoms with E-state index in [0.29, 0.717) is 18.3 Å². The summed E-state index contributed by atoms with van der Waals surface area (Å²) in [5.74, 6) is -4.05. The van der Waals surface area contributed by atoms with Crippen LogP contribution in [0, 0.1) is 11.6 Å². The maximum Gasteiger partial charge on any atom is 0.434 e. The number of amides is 1. The minimum Gasteiger partial charge on any atom is -0.435 e. The van der Waals surface area contributed by atoms with Gasteiger partial charge >= 0.3 is 6.18 Å². The van der Waals surface area contributed by atoms with E-state index in [4.69, 9.17) is 10.5 Å². The number of aromatic nitrogens is 5. The van der Waals surface area contributed by atoms with Gasteiger partial charge in [-0.05, 0) is 31.3 Å². The summed E-state index contributed by atoms with van der Waals surface area (Å²) < 4.78 is 76.8. The number of piperazine rings is 1. The Kier molecular flexibility index (Phi) is 8.00. The summed E-state index contributed by atoms with van der Waals surface area (Å²) in [6, 6.07) is 5.38. The quantitative estimate of drug-likeness (QED) is 0.310. The van der Waals surface area contributed by atoms with Gasteiger partial charge in [-0.1, -0.05) is 0 Å². The molecular formula is C26H24F5N9O2. The third-order valence-corrected chi connectivity index (χ3v) is 6.54. The van der Waals surface area contributed by atoms with Crippen molar-refractivity contribution in [3.63, 3.8) is 0 Å². The van der Waals surface area contributed by atoms with Crippen LogP contribution in [0.2, 0.25) is 0 Å². The molecule has 1 aliphatic rings. The number of nitrogens with one attached hydrogen (secondary N) is 1. The first kappa shape index (κ1) is 28.8. The van der Waals surface area contributed by atoms with Crippen LogP contribution in [-0.4, -0.2) is 73.7 Å². The van der Waals surface area contributed by atoms with Crippen LogP contribution in [0.3, 0.4) is 0 Å². The molecule has 1 aliphatic heterocycles. The average molecular weight is 590 g/mol. The summed E-state index contributed by atoms with van der Waals surface area (Å²) in [6.07, 6.45) is -2.21. The maximum absolute atomic E-state index is 15.0. The molecule has 42 heavy (non-hydrogen) atoms. The Morgan fingerprint density at radius 1 is 1.07 bits per heavy atom. The molecule has 4 heterocycles. The van der Waals surface area contributed by atoms with E-state index in [1.54, 1.807) is 0 Å². The summed E-state index contributed by atoms with van der Waals surface area (Å²) in [6.45, 7) is 3.65. The number of hydrogen-bond acceptors (Lipinski definition) is 9. The SMILES string of the molecule is CN1CCN(Cc2c(N)ncnc2Oc2ccc(NC(=O)c3cnn(-c4ncccc4F)c3C(F)(F)F)cc2F)CC1. The Bertz CT molecular complexity index is 1600. The number of anilines is 2. The molecule has 1 amide bonds. The molecule has 1 aromatic carbocycles. The van der Waals surface area contributed by atoms with Crippen molar-refractivity contribution in [2.75, 3.05) is 44.3 Å². The highest BCUT2D eigenvalue weighted by molar-refractivity contribution is 6.05. The van der Waals surface area contributed by atoms with Crippen molar-refractivity contribution in [1.29, 1.82) is 0 Å². The van der Waals surface area contributed by atoms with Gasteiger partial charge in [0.25, 0.3) is 5.91 Å². The Balaban J connectivity index is 1.35. The second-order valence-corrected chi connectivity index (χ2v) is 9.45. The second-order valence-electron chi connectivity index (χ2n) is 9.45. The van der Waals surface area contributed by atoms with E-state index in [1.807, 2.05) is 7.05 Å². The lowest BCUT2D eigenvalue weighted by molar-refractivity contribution is -0.143. The van der Waals surface area contributed by atoms with Crippen molar-refractivity contribution in [2.45, 2.75) is 12.7 Å².